The van der Waals surface area contributed by atoms with Gasteiger partial charge in [0.2, 0.25) is 0 Å². The minimum absolute atomic E-state index is 0.785. The van der Waals surface area contributed by atoms with Crippen LogP contribution >= 0.6 is 0 Å². The molecule has 15 heavy (non-hydrogen) atoms. The summed E-state index contributed by atoms with van der Waals surface area (Å²) in [5, 5.41) is 1.96. The summed E-state index contributed by atoms with van der Waals surface area (Å²) < 4.78 is 0. The van der Waals surface area contributed by atoms with Crippen LogP contribution in [0.4, 0.5) is 0 Å². The Hall–Kier alpha value is -0.0800. The van der Waals surface area contributed by atoms with Crippen molar-refractivity contribution >= 4 is 0 Å². The third kappa shape index (κ3) is 11.8. The molecule has 2 nitrogen and oxygen atoms in total. The molecule has 0 saturated carbocycles. The highest BCUT2D eigenvalue weighted by molar-refractivity contribution is 4.47. The van der Waals surface area contributed by atoms with Gasteiger partial charge in [0, 0.05) is 13.6 Å². The van der Waals surface area contributed by atoms with Crippen LogP contribution in [0.2, 0.25) is 0 Å². The van der Waals surface area contributed by atoms with E-state index in [4.69, 9.17) is 4.84 Å². The lowest BCUT2D eigenvalue weighted by atomic mass is 10.1. The molecule has 0 aromatic heterocycles. The highest BCUT2D eigenvalue weighted by Crippen LogP contribution is 2.08. The average Bonchev–Trinajstić information content (AvgIpc) is 2.22. The number of hydrogen-bond acceptors (Lipinski definition) is 2. The Bertz CT molecular complexity index is 117. The van der Waals surface area contributed by atoms with Crippen molar-refractivity contribution in [2.45, 2.75) is 65.2 Å². The second-order valence-corrected chi connectivity index (χ2v) is 4.24. The van der Waals surface area contributed by atoms with Gasteiger partial charge in [-0.1, -0.05) is 51.9 Å². The van der Waals surface area contributed by atoms with Gasteiger partial charge in [0.05, 0.1) is 6.61 Å². The van der Waals surface area contributed by atoms with Gasteiger partial charge in [-0.05, 0) is 13.3 Å². The molecule has 2 heteroatoms. The monoisotopic (exact) mass is 215 g/mol. The van der Waals surface area contributed by atoms with E-state index in [0.717, 1.165) is 13.2 Å². The van der Waals surface area contributed by atoms with Crippen molar-refractivity contribution in [1.29, 1.82) is 0 Å². The SMILES string of the molecule is CCCCCCCCCCN(C)OCC. The largest absolute Gasteiger partial charge is 0.300 e. The van der Waals surface area contributed by atoms with Gasteiger partial charge in [-0.2, -0.15) is 5.06 Å². The molecule has 0 rings (SSSR count). The zero-order valence-electron chi connectivity index (χ0n) is 10.9. The zero-order valence-corrected chi connectivity index (χ0v) is 10.9. The van der Waals surface area contributed by atoms with E-state index in [9.17, 15) is 0 Å². The van der Waals surface area contributed by atoms with E-state index in [1.165, 1.54) is 51.4 Å². The van der Waals surface area contributed by atoms with Crippen LogP contribution in [-0.4, -0.2) is 25.3 Å². The van der Waals surface area contributed by atoms with Gasteiger partial charge in [0.15, 0.2) is 0 Å². The summed E-state index contributed by atoms with van der Waals surface area (Å²) in [6.07, 6.45) is 11.0. The Kier molecular flexibility index (Phi) is 11.9. The number of unbranched alkanes of at least 4 members (excludes halogenated alkanes) is 7. The smallest absolute Gasteiger partial charge is 0.0656 e. The first-order chi connectivity index (χ1) is 7.31. The predicted octanol–water partition coefficient (Wildman–Crippen LogP) is 4.01. The molecule has 0 unspecified atom stereocenters. The third-order valence-corrected chi connectivity index (χ3v) is 2.68. The first kappa shape index (κ1) is 14.9. The maximum atomic E-state index is 5.33. The average molecular weight is 215 g/mol. The Morgan fingerprint density at radius 3 is 1.87 bits per heavy atom. The van der Waals surface area contributed by atoms with E-state index < -0.39 is 0 Å². The molecule has 0 atom stereocenters. The topological polar surface area (TPSA) is 12.5 Å². The number of hydroxylamine groups is 2. The first-order valence-electron chi connectivity index (χ1n) is 6.65. The second kappa shape index (κ2) is 12.0. The van der Waals surface area contributed by atoms with Crippen molar-refractivity contribution in [3.63, 3.8) is 0 Å². The van der Waals surface area contributed by atoms with E-state index >= 15 is 0 Å². The third-order valence-electron chi connectivity index (χ3n) is 2.68. The van der Waals surface area contributed by atoms with E-state index in [1.807, 2.05) is 19.0 Å². The van der Waals surface area contributed by atoms with Crippen molar-refractivity contribution in [2.75, 3.05) is 20.2 Å². The van der Waals surface area contributed by atoms with Crippen molar-refractivity contribution in [3.8, 4) is 0 Å². The summed E-state index contributed by atoms with van der Waals surface area (Å²) in [7, 11) is 2.02. The summed E-state index contributed by atoms with van der Waals surface area (Å²) in [6.45, 7) is 6.16. The Labute approximate surface area is 95.9 Å². The molecule has 0 spiro atoms. The number of nitrogens with zero attached hydrogens (tertiary/aromatic N) is 1. The van der Waals surface area contributed by atoms with Gasteiger partial charge in [-0.15, -0.1) is 0 Å². The molecule has 0 aliphatic carbocycles. The van der Waals surface area contributed by atoms with E-state index in [0.29, 0.717) is 0 Å². The molecule has 0 aromatic carbocycles. The van der Waals surface area contributed by atoms with Crippen LogP contribution in [-0.2, 0) is 4.84 Å². The van der Waals surface area contributed by atoms with Crippen LogP contribution in [0.15, 0.2) is 0 Å². The van der Waals surface area contributed by atoms with Crippen LogP contribution in [0.5, 0.6) is 0 Å². The Morgan fingerprint density at radius 1 is 0.800 bits per heavy atom. The van der Waals surface area contributed by atoms with Crippen molar-refractivity contribution in [2.24, 2.45) is 0 Å². The number of hydrogen-bond donors (Lipinski definition) is 0. The van der Waals surface area contributed by atoms with Gasteiger partial charge in [0.25, 0.3) is 0 Å². The van der Waals surface area contributed by atoms with Crippen LogP contribution in [0.1, 0.15) is 65.2 Å². The Morgan fingerprint density at radius 2 is 1.33 bits per heavy atom. The molecule has 0 saturated heterocycles. The molecule has 0 aromatic rings. The molecule has 0 bridgehead atoms. The first-order valence-corrected chi connectivity index (χ1v) is 6.65. The molecule has 0 fully saturated rings. The fourth-order valence-electron chi connectivity index (χ4n) is 1.75. The van der Waals surface area contributed by atoms with Crippen LogP contribution in [0.3, 0.4) is 0 Å². The van der Waals surface area contributed by atoms with Gasteiger partial charge in [0.1, 0.15) is 0 Å². The summed E-state index contributed by atoms with van der Waals surface area (Å²) in [6, 6.07) is 0. The highest BCUT2D eigenvalue weighted by atomic mass is 16.7. The van der Waals surface area contributed by atoms with Crippen molar-refractivity contribution in [3.05, 3.63) is 0 Å². The summed E-state index contributed by atoms with van der Waals surface area (Å²) in [5.41, 5.74) is 0. The van der Waals surface area contributed by atoms with Crippen LogP contribution in [0, 0.1) is 0 Å². The quantitative estimate of drug-likeness (QED) is 0.381. The molecular formula is C13H29NO. The standard InChI is InChI=1S/C13H29NO/c1-4-6-7-8-9-10-11-12-13-14(3)15-5-2/h4-13H2,1-3H3. The molecule has 0 N–H and O–H groups in total. The molecule has 92 valence electrons. The summed E-state index contributed by atoms with van der Waals surface area (Å²) in [4.78, 5) is 5.33. The maximum absolute atomic E-state index is 5.33. The molecule has 0 heterocycles. The number of rotatable bonds is 11. The van der Waals surface area contributed by atoms with Crippen molar-refractivity contribution < 1.29 is 4.84 Å². The van der Waals surface area contributed by atoms with Crippen molar-refractivity contribution in [1.82, 2.24) is 5.06 Å². The van der Waals surface area contributed by atoms with Crippen LogP contribution < -0.4 is 0 Å². The zero-order chi connectivity index (χ0) is 11.4. The minimum atomic E-state index is 0.785. The maximum Gasteiger partial charge on any atom is 0.0656 e. The second-order valence-electron chi connectivity index (χ2n) is 4.24. The highest BCUT2D eigenvalue weighted by Gasteiger charge is 1.96. The molecule has 0 aliphatic heterocycles. The lowest BCUT2D eigenvalue weighted by molar-refractivity contribution is -0.135. The van der Waals surface area contributed by atoms with E-state index in [1.54, 1.807) is 0 Å². The van der Waals surface area contributed by atoms with Gasteiger partial charge >= 0.3 is 0 Å². The van der Waals surface area contributed by atoms with Gasteiger partial charge < -0.3 is 0 Å². The van der Waals surface area contributed by atoms with Crippen LogP contribution in [0.25, 0.3) is 0 Å². The fraction of sp³-hybridized carbons (Fsp3) is 1.00. The molecule has 0 radical (unpaired) electrons. The lowest BCUT2D eigenvalue weighted by Crippen LogP contribution is -2.19. The van der Waals surface area contributed by atoms with E-state index in [-0.39, 0.29) is 0 Å². The normalized spacial score (nSPS) is 11.2. The van der Waals surface area contributed by atoms with Gasteiger partial charge in [-0.25, -0.2) is 0 Å². The molecule has 0 aliphatic rings. The summed E-state index contributed by atoms with van der Waals surface area (Å²) >= 11 is 0. The lowest BCUT2D eigenvalue weighted by Gasteiger charge is -2.14. The fourth-order valence-corrected chi connectivity index (χ4v) is 1.75. The molecule has 0 amide bonds. The molecular weight excluding hydrogens is 186 g/mol. The minimum Gasteiger partial charge on any atom is -0.300 e. The summed E-state index contributed by atoms with van der Waals surface area (Å²) in [5.74, 6) is 0. The predicted molar refractivity (Wildman–Crippen MR) is 66.9 cm³/mol. The Balaban J connectivity index is 2.98. The van der Waals surface area contributed by atoms with Gasteiger partial charge in [-0.3, -0.25) is 4.84 Å². The van der Waals surface area contributed by atoms with E-state index in [2.05, 4.69) is 6.92 Å².